The summed E-state index contributed by atoms with van der Waals surface area (Å²) in [5, 5.41) is 3.25. The molecule has 0 aliphatic carbocycles. The lowest BCUT2D eigenvalue weighted by Crippen LogP contribution is -2.35. The molecule has 2 aromatic heterocycles. The Balaban J connectivity index is 1.38. The smallest absolute Gasteiger partial charge is 0.287 e. The number of rotatable bonds is 5. The third-order valence-corrected chi connectivity index (χ3v) is 4.95. The van der Waals surface area contributed by atoms with E-state index in [1.807, 2.05) is 18.2 Å². The molecule has 1 amide bonds. The lowest BCUT2D eigenvalue weighted by molar-refractivity contribution is -0.0231. The predicted octanol–water partition coefficient (Wildman–Crippen LogP) is 2.16. The number of para-hydroxylation sites is 1. The molecular formula is C22H23N3O4. The summed E-state index contributed by atoms with van der Waals surface area (Å²) in [5.41, 5.74) is 1.95. The number of hydrogen-bond donors (Lipinski definition) is 1. The Labute approximate surface area is 168 Å². The quantitative estimate of drug-likeness (QED) is 0.715. The molecule has 0 radical (unpaired) electrons. The highest BCUT2D eigenvalue weighted by Gasteiger charge is 2.20. The van der Waals surface area contributed by atoms with Gasteiger partial charge in [-0.15, -0.1) is 0 Å². The van der Waals surface area contributed by atoms with Crippen LogP contribution < -0.4 is 10.7 Å². The van der Waals surface area contributed by atoms with Crippen molar-refractivity contribution in [1.82, 2.24) is 15.2 Å². The molecular weight excluding hydrogens is 370 g/mol. The second kappa shape index (κ2) is 8.55. The second-order valence-corrected chi connectivity index (χ2v) is 7.15. The normalized spacial score (nSPS) is 17.3. The van der Waals surface area contributed by atoms with Crippen molar-refractivity contribution in [1.29, 1.82) is 0 Å². The molecule has 7 heteroatoms. The maximum atomic E-state index is 12.4. The number of aromatic nitrogens is 1. The summed E-state index contributed by atoms with van der Waals surface area (Å²) in [6, 6.07) is 14.0. The van der Waals surface area contributed by atoms with Crippen molar-refractivity contribution in [2.24, 2.45) is 0 Å². The van der Waals surface area contributed by atoms with Crippen LogP contribution in [-0.4, -0.2) is 49.1 Å². The van der Waals surface area contributed by atoms with E-state index in [1.54, 1.807) is 24.3 Å². The van der Waals surface area contributed by atoms with Gasteiger partial charge in [0.05, 0.1) is 17.7 Å². The van der Waals surface area contributed by atoms with Gasteiger partial charge in [-0.25, -0.2) is 0 Å². The van der Waals surface area contributed by atoms with Gasteiger partial charge in [-0.1, -0.05) is 18.2 Å². The van der Waals surface area contributed by atoms with Crippen LogP contribution in [0.1, 0.15) is 28.0 Å². The monoisotopic (exact) mass is 393 g/mol. The number of carbonyl (C=O) groups excluding carboxylic acids is 1. The molecule has 1 N–H and O–H groups in total. The number of nitrogens with one attached hydrogen (secondary N) is 1. The Kier molecular flexibility index (Phi) is 5.69. The Morgan fingerprint density at radius 2 is 2.10 bits per heavy atom. The maximum absolute atomic E-state index is 12.4. The number of carbonyl (C=O) groups is 1. The van der Waals surface area contributed by atoms with Gasteiger partial charge >= 0.3 is 0 Å². The third kappa shape index (κ3) is 4.52. The van der Waals surface area contributed by atoms with Crippen LogP contribution in [0.15, 0.2) is 57.7 Å². The number of benzene rings is 1. The molecule has 1 aliphatic rings. The minimum atomic E-state index is -0.416. The van der Waals surface area contributed by atoms with Crippen molar-refractivity contribution in [2.45, 2.75) is 12.5 Å². The summed E-state index contributed by atoms with van der Waals surface area (Å²) in [6.07, 6.45) is 0.537. The van der Waals surface area contributed by atoms with Crippen LogP contribution in [0.3, 0.4) is 0 Å². The first kappa shape index (κ1) is 19.3. The molecule has 7 nitrogen and oxygen atoms in total. The van der Waals surface area contributed by atoms with E-state index in [2.05, 4.69) is 22.2 Å². The van der Waals surface area contributed by atoms with E-state index < -0.39 is 5.91 Å². The largest absolute Gasteiger partial charge is 0.451 e. The zero-order valence-corrected chi connectivity index (χ0v) is 16.3. The highest BCUT2D eigenvalue weighted by molar-refractivity contribution is 5.93. The van der Waals surface area contributed by atoms with E-state index in [1.165, 1.54) is 6.07 Å². The fourth-order valence-corrected chi connectivity index (χ4v) is 3.38. The summed E-state index contributed by atoms with van der Waals surface area (Å²) < 4.78 is 11.4. The predicted molar refractivity (Wildman–Crippen MR) is 109 cm³/mol. The molecule has 0 bridgehead atoms. The van der Waals surface area contributed by atoms with Crippen molar-refractivity contribution in [3.05, 3.63) is 75.9 Å². The number of hydrogen-bond acceptors (Lipinski definition) is 6. The lowest BCUT2D eigenvalue weighted by Gasteiger charge is -2.29. The van der Waals surface area contributed by atoms with Crippen LogP contribution >= 0.6 is 0 Å². The number of ether oxygens (including phenoxy) is 1. The zero-order chi connectivity index (χ0) is 20.2. The van der Waals surface area contributed by atoms with Gasteiger partial charge in [0.2, 0.25) is 0 Å². The molecule has 1 fully saturated rings. The fraction of sp³-hybridized carbons (Fsp3) is 0.318. The molecule has 1 unspecified atom stereocenters. The van der Waals surface area contributed by atoms with Gasteiger partial charge < -0.3 is 19.4 Å². The third-order valence-electron chi connectivity index (χ3n) is 4.95. The van der Waals surface area contributed by atoms with Crippen molar-refractivity contribution in [3.8, 4) is 0 Å². The molecule has 29 heavy (non-hydrogen) atoms. The Bertz CT molecular complexity index is 1080. The standard InChI is InChI=1S/C22H23N3O4/c1-25-11-12-28-21(14-25)17-7-4-5-15(24-17)9-10-23-22(27)20-13-18(26)16-6-2-3-8-19(16)29-20/h2-8,13,21H,9-12,14H2,1H3,(H,23,27). The van der Waals surface area contributed by atoms with Crippen molar-refractivity contribution in [3.63, 3.8) is 0 Å². The van der Waals surface area contributed by atoms with Crippen molar-refractivity contribution in [2.75, 3.05) is 33.3 Å². The van der Waals surface area contributed by atoms with Crippen LogP contribution in [0, 0.1) is 0 Å². The Hall–Kier alpha value is -3.03. The van der Waals surface area contributed by atoms with Gasteiger partial charge in [0.15, 0.2) is 11.2 Å². The highest BCUT2D eigenvalue weighted by atomic mass is 16.5. The van der Waals surface area contributed by atoms with Gasteiger partial charge in [0.25, 0.3) is 5.91 Å². The molecule has 3 aromatic rings. The first-order valence-electron chi connectivity index (χ1n) is 9.67. The maximum Gasteiger partial charge on any atom is 0.287 e. The zero-order valence-electron chi connectivity index (χ0n) is 16.3. The number of morpholine rings is 1. The molecule has 4 rings (SSSR count). The van der Waals surface area contributed by atoms with Gasteiger partial charge in [-0.2, -0.15) is 0 Å². The van der Waals surface area contributed by atoms with Gasteiger partial charge in [-0.05, 0) is 31.3 Å². The van der Waals surface area contributed by atoms with Gasteiger partial charge in [-0.3, -0.25) is 14.6 Å². The summed E-state index contributed by atoms with van der Waals surface area (Å²) >= 11 is 0. The van der Waals surface area contributed by atoms with E-state index in [9.17, 15) is 9.59 Å². The minimum Gasteiger partial charge on any atom is -0.451 e. The van der Waals surface area contributed by atoms with Gasteiger partial charge in [0.1, 0.15) is 11.7 Å². The fourth-order valence-electron chi connectivity index (χ4n) is 3.38. The number of fused-ring (bicyclic) bond motifs is 1. The summed E-state index contributed by atoms with van der Waals surface area (Å²) in [4.78, 5) is 31.4. The summed E-state index contributed by atoms with van der Waals surface area (Å²) in [5.74, 6) is -0.407. The van der Waals surface area contributed by atoms with Gasteiger partial charge in [0, 0.05) is 37.8 Å². The summed E-state index contributed by atoms with van der Waals surface area (Å²) in [6.45, 7) is 2.82. The number of likely N-dealkylation sites (N-methyl/N-ethyl adjacent to an activating group) is 1. The number of pyridine rings is 1. The SMILES string of the molecule is CN1CCOC(c2cccc(CCNC(=O)c3cc(=O)c4ccccc4o3)n2)C1. The molecule has 3 heterocycles. The number of amides is 1. The van der Waals surface area contributed by atoms with Crippen LogP contribution in [0.25, 0.3) is 11.0 Å². The van der Waals surface area contributed by atoms with E-state index in [-0.39, 0.29) is 17.3 Å². The second-order valence-electron chi connectivity index (χ2n) is 7.15. The van der Waals surface area contributed by atoms with Crippen LogP contribution in [0.5, 0.6) is 0 Å². The van der Waals surface area contributed by atoms with E-state index in [0.29, 0.717) is 30.5 Å². The van der Waals surface area contributed by atoms with E-state index in [4.69, 9.17) is 9.15 Å². The lowest BCUT2D eigenvalue weighted by atomic mass is 10.1. The number of nitrogens with zero attached hydrogens (tertiary/aromatic N) is 2. The molecule has 1 aliphatic heterocycles. The summed E-state index contributed by atoms with van der Waals surface area (Å²) in [7, 11) is 2.07. The highest BCUT2D eigenvalue weighted by Crippen LogP contribution is 2.20. The molecule has 0 spiro atoms. The van der Waals surface area contributed by atoms with Crippen molar-refractivity contribution < 1.29 is 13.9 Å². The molecule has 150 valence electrons. The van der Waals surface area contributed by atoms with Crippen LogP contribution in [-0.2, 0) is 11.2 Å². The Morgan fingerprint density at radius 1 is 1.24 bits per heavy atom. The average Bonchev–Trinajstić information content (AvgIpc) is 2.74. The Morgan fingerprint density at radius 3 is 2.97 bits per heavy atom. The molecule has 1 aromatic carbocycles. The van der Waals surface area contributed by atoms with Crippen LogP contribution in [0.4, 0.5) is 0 Å². The minimum absolute atomic E-state index is 0.00838. The first-order valence-corrected chi connectivity index (χ1v) is 9.67. The van der Waals surface area contributed by atoms with E-state index in [0.717, 1.165) is 24.5 Å². The molecule has 1 atom stereocenters. The topological polar surface area (TPSA) is 84.7 Å². The molecule has 0 saturated carbocycles. The first-order chi connectivity index (χ1) is 14.1. The van der Waals surface area contributed by atoms with Crippen LogP contribution in [0.2, 0.25) is 0 Å². The van der Waals surface area contributed by atoms with Crippen molar-refractivity contribution >= 4 is 16.9 Å². The average molecular weight is 393 g/mol. The van der Waals surface area contributed by atoms with E-state index >= 15 is 0 Å². The molecule has 1 saturated heterocycles.